The Labute approximate surface area is 95.3 Å². The van der Waals surface area contributed by atoms with Crippen LogP contribution in [-0.2, 0) is 10.0 Å². The highest BCUT2D eigenvalue weighted by molar-refractivity contribution is 7.92. The summed E-state index contributed by atoms with van der Waals surface area (Å²) in [7, 11) is -3.25. The first-order valence-electron chi connectivity index (χ1n) is 5.27. The van der Waals surface area contributed by atoms with Crippen LogP contribution in [0.3, 0.4) is 0 Å². The molecule has 16 heavy (non-hydrogen) atoms. The van der Waals surface area contributed by atoms with Gasteiger partial charge in [-0.3, -0.25) is 9.71 Å². The van der Waals surface area contributed by atoms with Gasteiger partial charge in [-0.25, -0.2) is 8.42 Å². The van der Waals surface area contributed by atoms with Crippen molar-refractivity contribution in [3.8, 4) is 0 Å². The molecule has 88 valence electrons. The van der Waals surface area contributed by atoms with Gasteiger partial charge < -0.3 is 5.32 Å². The smallest absolute Gasteiger partial charge is 0.233 e. The fraction of sp³-hybridized carbons (Fsp3) is 0.500. The van der Waals surface area contributed by atoms with Crippen molar-refractivity contribution in [1.29, 1.82) is 0 Å². The van der Waals surface area contributed by atoms with E-state index < -0.39 is 10.0 Å². The minimum atomic E-state index is -3.25. The van der Waals surface area contributed by atoms with Crippen molar-refractivity contribution < 1.29 is 8.42 Å². The number of aromatic nitrogens is 1. The molecule has 1 aliphatic heterocycles. The molecule has 5 nitrogen and oxygen atoms in total. The maximum absolute atomic E-state index is 11.8. The normalized spacial score (nSPS) is 20.9. The summed E-state index contributed by atoms with van der Waals surface area (Å²) in [4.78, 5) is 3.86. The third-order valence-corrected chi connectivity index (χ3v) is 4.01. The van der Waals surface area contributed by atoms with Crippen molar-refractivity contribution >= 4 is 15.7 Å². The molecule has 0 amide bonds. The summed E-state index contributed by atoms with van der Waals surface area (Å²) in [6.07, 6.45) is 4.04. The molecular formula is C10H15N3O2S. The Kier molecular flexibility index (Phi) is 3.40. The predicted octanol–water partition coefficient (Wildman–Crippen LogP) is 0.433. The van der Waals surface area contributed by atoms with Gasteiger partial charge in [0.15, 0.2) is 0 Å². The van der Waals surface area contributed by atoms with Crippen LogP contribution in [0.4, 0.5) is 5.69 Å². The third-order valence-electron chi connectivity index (χ3n) is 2.55. The van der Waals surface area contributed by atoms with E-state index in [2.05, 4.69) is 15.0 Å². The summed E-state index contributed by atoms with van der Waals surface area (Å²) in [5, 5.41) is 3.15. The molecule has 1 aromatic rings. The third kappa shape index (κ3) is 3.18. The topological polar surface area (TPSA) is 71.1 Å². The Balaban J connectivity index is 1.97. The van der Waals surface area contributed by atoms with E-state index in [4.69, 9.17) is 0 Å². The van der Waals surface area contributed by atoms with E-state index in [0.717, 1.165) is 19.5 Å². The van der Waals surface area contributed by atoms with E-state index >= 15 is 0 Å². The van der Waals surface area contributed by atoms with Gasteiger partial charge in [0.25, 0.3) is 0 Å². The average Bonchev–Trinajstić information content (AvgIpc) is 2.70. The average molecular weight is 241 g/mol. The number of nitrogens with one attached hydrogen (secondary N) is 2. The van der Waals surface area contributed by atoms with Gasteiger partial charge in [0, 0.05) is 6.20 Å². The van der Waals surface area contributed by atoms with Gasteiger partial charge in [0.05, 0.1) is 17.6 Å². The van der Waals surface area contributed by atoms with Gasteiger partial charge in [-0.1, -0.05) is 0 Å². The summed E-state index contributed by atoms with van der Waals surface area (Å²) < 4.78 is 26.1. The Morgan fingerprint density at radius 2 is 2.44 bits per heavy atom. The quantitative estimate of drug-likeness (QED) is 0.802. The zero-order chi connectivity index (χ0) is 11.4. The maximum Gasteiger partial charge on any atom is 0.233 e. The summed E-state index contributed by atoms with van der Waals surface area (Å²) in [5.41, 5.74) is 0.522. The lowest BCUT2D eigenvalue weighted by molar-refractivity contribution is 0.575. The van der Waals surface area contributed by atoms with Crippen molar-refractivity contribution in [2.75, 3.05) is 23.6 Å². The molecule has 0 radical (unpaired) electrons. The first kappa shape index (κ1) is 11.3. The molecule has 0 aromatic carbocycles. The molecule has 1 aromatic heterocycles. The van der Waals surface area contributed by atoms with Gasteiger partial charge >= 0.3 is 0 Å². The number of rotatable bonds is 4. The van der Waals surface area contributed by atoms with E-state index in [-0.39, 0.29) is 11.7 Å². The zero-order valence-electron chi connectivity index (χ0n) is 8.89. The molecule has 0 saturated carbocycles. The molecule has 1 atom stereocenters. The van der Waals surface area contributed by atoms with Crippen LogP contribution in [0.5, 0.6) is 0 Å². The van der Waals surface area contributed by atoms with Gasteiger partial charge in [0.1, 0.15) is 0 Å². The second kappa shape index (κ2) is 4.80. The van der Waals surface area contributed by atoms with Crippen LogP contribution < -0.4 is 10.0 Å². The van der Waals surface area contributed by atoms with Crippen LogP contribution in [0, 0.1) is 5.92 Å². The molecule has 0 spiro atoms. The highest BCUT2D eigenvalue weighted by atomic mass is 32.2. The molecule has 2 rings (SSSR count). The standard InChI is InChI=1S/C10H15N3O2S/c14-16(15,8-9-3-5-12-6-9)13-10-2-1-4-11-7-10/h1-2,4,7,9,12-13H,3,5-6,8H2. The van der Waals surface area contributed by atoms with Gasteiger partial charge in [-0.15, -0.1) is 0 Å². The summed E-state index contributed by atoms with van der Waals surface area (Å²) >= 11 is 0. The summed E-state index contributed by atoms with van der Waals surface area (Å²) in [6.45, 7) is 1.70. The lowest BCUT2D eigenvalue weighted by Crippen LogP contribution is -2.24. The highest BCUT2D eigenvalue weighted by Gasteiger charge is 2.22. The van der Waals surface area contributed by atoms with Crippen LogP contribution in [-0.4, -0.2) is 32.2 Å². The molecule has 2 heterocycles. The molecule has 0 bridgehead atoms. The Hall–Kier alpha value is -1.14. The monoisotopic (exact) mass is 241 g/mol. The molecule has 1 fully saturated rings. The molecule has 1 aliphatic rings. The SMILES string of the molecule is O=S(=O)(CC1CCNC1)Nc1cccnc1. The zero-order valence-corrected chi connectivity index (χ0v) is 9.70. The second-order valence-electron chi connectivity index (χ2n) is 3.98. The molecular weight excluding hydrogens is 226 g/mol. The van der Waals surface area contributed by atoms with Gasteiger partial charge in [-0.05, 0) is 37.6 Å². The number of hydrogen-bond donors (Lipinski definition) is 2. The number of sulfonamides is 1. The van der Waals surface area contributed by atoms with E-state index in [1.54, 1.807) is 18.3 Å². The minimum absolute atomic E-state index is 0.175. The first-order valence-corrected chi connectivity index (χ1v) is 6.92. The van der Waals surface area contributed by atoms with E-state index in [1.165, 1.54) is 6.20 Å². The molecule has 1 unspecified atom stereocenters. The number of pyridine rings is 1. The summed E-state index contributed by atoms with van der Waals surface area (Å²) in [5.74, 6) is 0.392. The molecule has 1 saturated heterocycles. The minimum Gasteiger partial charge on any atom is -0.316 e. The van der Waals surface area contributed by atoms with E-state index in [1.807, 2.05) is 0 Å². The second-order valence-corrected chi connectivity index (χ2v) is 5.75. The van der Waals surface area contributed by atoms with Crippen molar-refractivity contribution in [2.45, 2.75) is 6.42 Å². The van der Waals surface area contributed by atoms with Crippen LogP contribution >= 0.6 is 0 Å². The number of hydrogen-bond acceptors (Lipinski definition) is 4. The Morgan fingerprint density at radius 3 is 3.06 bits per heavy atom. The van der Waals surface area contributed by atoms with Crippen molar-refractivity contribution in [3.63, 3.8) is 0 Å². The molecule has 2 N–H and O–H groups in total. The van der Waals surface area contributed by atoms with Crippen LogP contribution in [0.1, 0.15) is 6.42 Å². The number of anilines is 1. The van der Waals surface area contributed by atoms with Crippen molar-refractivity contribution in [1.82, 2.24) is 10.3 Å². The Morgan fingerprint density at radius 1 is 1.56 bits per heavy atom. The van der Waals surface area contributed by atoms with Gasteiger partial charge in [-0.2, -0.15) is 0 Å². The highest BCUT2D eigenvalue weighted by Crippen LogP contribution is 2.13. The van der Waals surface area contributed by atoms with Crippen LogP contribution in [0.25, 0.3) is 0 Å². The van der Waals surface area contributed by atoms with Crippen LogP contribution in [0.2, 0.25) is 0 Å². The van der Waals surface area contributed by atoms with Crippen molar-refractivity contribution in [2.24, 2.45) is 5.92 Å². The largest absolute Gasteiger partial charge is 0.316 e. The fourth-order valence-electron chi connectivity index (χ4n) is 1.81. The predicted molar refractivity (Wildman–Crippen MR) is 62.6 cm³/mol. The van der Waals surface area contributed by atoms with E-state index in [0.29, 0.717) is 5.69 Å². The first-order chi connectivity index (χ1) is 7.66. The molecule has 0 aliphatic carbocycles. The lowest BCUT2D eigenvalue weighted by atomic mass is 10.2. The maximum atomic E-state index is 11.8. The fourth-order valence-corrected chi connectivity index (χ4v) is 3.28. The van der Waals surface area contributed by atoms with Gasteiger partial charge in [0.2, 0.25) is 10.0 Å². The summed E-state index contributed by atoms with van der Waals surface area (Å²) in [6, 6.07) is 3.40. The number of nitrogens with zero attached hydrogens (tertiary/aromatic N) is 1. The van der Waals surface area contributed by atoms with Crippen molar-refractivity contribution in [3.05, 3.63) is 24.5 Å². The van der Waals surface area contributed by atoms with Crippen LogP contribution in [0.15, 0.2) is 24.5 Å². The lowest BCUT2D eigenvalue weighted by Gasteiger charge is -2.11. The van der Waals surface area contributed by atoms with E-state index in [9.17, 15) is 8.42 Å². The molecule has 6 heteroatoms. The Bertz CT molecular complexity index is 427.